The van der Waals surface area contributed by atoms with Crippen LogP contribution in [0.1, 0.15) is 0 Å². The van der Waals surface area contributed by atoms with Crippen molar-refractivity contribution in [2.45, 2.75) is 0 Å². The summed E-state index contributed by atoms with van der Waals surface area (Å²) in [5.41, 5.74) is 2.25. The molecule has 0 amide bonds. The second kappa shape index (κ2) is 4.31. The van der Waals surface area contributed by atoms with Gasteiger partial charge in [-0.3, -0.25) is 9.78 Å². The van der Waals surface area contributed by atoms with Crippen LogP contribution >= 0.6 is 0 Å². The Hall–Kier alpha value is -2.88. The third kappa shape index (κ3) is 1.62. The number of aromatic amines is 1. The molecule has 102 valence electrons. The number of hydrogen-bond donors (Lipinski definition) is 1. The van der Waals surface area contributed by atoms with Crippen molar-refractivity contribution >= 4 is 32.7 Å². The van der Waals surface area contributed by atoms with Crippen molar-refractivity contribution < 1.29 is 4.74 Å². The lowest BCUT2D eigenvalue weighted by Crippen LogP contribution is -2.06. The molecule has 2 aromatic carbocycles. The van der Waals surface area contributed by atoms with Crippen molar-refractivity contribution in [3.63, 3.8) is 0 Å². The van der Waals surface area contributed by atoms with Crippen molar-refractivity contribution in [3.05, 3.63) is 58.9 Å². The summed E-state index contributed by atoms with van der Waals surface area (Å²) in [6.45, 7) is 0. The zero-order valence-electron chi connectivity index (χ0n) is 11.4. The van der Waals surface area contributed by atoms with Crippen LogP contribution in [0.15, 0.2) is 53.5 Å². The highest BCUT2D eigenvalue weighted by Crippen LogP contribution is 2.30. The van der Waals surface area contributed by atoms with Gasteiger partial charge >= 0.3 is 0 Å². The molecule has 4 rings (SSSR count). The van der Waals surface area contributed by atoms with Crippen LogP contribution in [0, 0.1) is 0 Å². The van der Waals surface area contributed by atoms with Gasteiger partial charge in [-0.15, -0.1) is 0 Å². The maximum atomic E-state index is 12.8. The monoisotopic (exact) mass is 276 g/mol. The molecule has 0 spiro atoms. The van der Waals surface area contributed by atoms with E-state index in [2.05, 4.69) is 9.97 Å². The highest BCUT2D eigenvalue weighted by molar-refractivity contribution is 6.09. The summed E-state index contributed by atoms with van der Waals surface area (Å²) < 4.78 is 5.42. The van der Waals surface area contributed by atoms with Gasteiger partial charge < -0.3 is 9.72 Å². The highest BCUT2D eigenvalue weighted by atomic mass is 16.5. The number of nitrogens with one attached hydrogen (secondary N) is 1. The largest absolute Gasteiger partial charge is 0.496 e. The quantitative estimate of drug-likeness (QED) is 0.429. The third-order valence-corrected chi connectivity index (χ3v) is 3.74. The fraction of sp³-hybridized carbons (Fsp3) is 0.0588. The van der Waals surface area contributed by atoms with Gasteiger partial charge in [-0.05, 0) is 24.3 Å². The highest BCUT2D eigenvalue weighted by Gasteiger charge is 2.14. The normalized spacial score (nSPS) is 11.3. The zero-order valence-corrected chi connectivity index (χ0v) is 11.4. The first kappa shape index (κ1) is 11.9. The van der Waals surface area contributed by atoms with Crippen molar-refractivity contribution in [2.24, 2.45) is 0 Å². The summed E-state index contributed by atoms with van der Waals surface area (Å²) in [5, 5.41) is 2.13. The lowest BCUT2D eigenvalue weighted by Gasteiger charge is -2.09. The molecular weight excluding hydrogens is 264 g/mol. The molecule has 0 saturated carbocycles. The first-order valence-corrected chi connectivity index (χ1v) is 6.66. The van der Waals surface area contributed by atoms with E-state index in [9.17, 15) is 4.79 Å². The van der Waals surface area contributed by atoms with E-state index in [1.165, 1.54) is 0 Å². The van der Waals surface area contributed by atoms with Crippen molar-refractivity contribution in [1.29, 1.82) is 0 Å². The summed E-state index contributed by atoms with van der Waals surface area (Å²) >= 11 is 0. The average Bonchev–Trinajstić information content (AvgIpc) is 2.54. The van der Waals surface area contributed by atoms with Gasteiger partial charge in [0.15, 0.2) is 0 Å². The Bertz CT molecular complexity index is 1050. The molecule has 0 bridgehead atoms. The van der Waals surface area contributed by atoms with Gasteiger partial charge in [0.05, 0.1) is 23.5 Å². The Kier molecular flexibility index (Phi) is 2.44. The summed E-state index contributed by atoms with van der Waals surface area (Å²) in [6.07, 6.45) is 1.72. The first-order valence-electron chi connectivity index (χ1n) is 6.66. The van der Waals surface area contributed by atoms with E-state index in [0.717, 1.165) is 16.4 Å². The molecule has 21 heavy (non-hydrogen) atoms. The second-order valence-corrected chi connectivity index (χ2v) is 4.90. The molecule has 2 heterocycles. The SMILES string of the molecule is COc1cc2cccnc2c2[nH]c3ccccc3c(=O)c12. The molecule has 1 N–H and O–H groups in total. The van der Waals surface area contributed by atoms with Gasteiger partial charge in [0.2, 0.25) is 5.43 Å². The Morgan fingerprint density at radius 1 is 1.14 bits per heavy atom. The van der Waals surface area contributed by atoms with Crippen LogP contribution in [0.5, 0.6) is 5.75 Å². The number of nitrogens with zero attached hydrogens (tertiary/aromatic N) is 1. The van der Waals surface area contributed by atoms with Gasteiger partial charge in [0.25, 0.3) is 0 Å². The van der Waals surface area contributed by atoms with Crippen LogP contribution < -0.4 is 10.2 Å². The molecule has 0 fully saturated rings. The van der Waals surface area contributed by atoms with Crippen LogP contribution in [0.4, 0.5) is 0 Å². The maximum absolute atomic E-state index is 12.8. The van der Waals surface area contributed by atoms with E-state index in [4.69, 9.17) is 4.74 Å². The molecule has 4 aromatic rings. The number of aromatic nitrogens is 2. The predicted molar refractivity (Wildman–Crippen MR) is 83.9 cm³/mol. The van der Waals surface area contributed by atoms with Crippen LogP contribution in [0.25, 0.3) is 32.7 Å². The van der Waals surface area contributed by atoms with Crippen molar-refractivity contribution in [2.75, 3.05) is 7.11 Å². The number of pyridine rings is 2. The number of para-hydroxylation sites is 1. The summed E-state index contributed by atoms with van der Waals surface area (Å²) in [4.78, 5) is 20.5. The number of rotatable bonds is 1. The molecule has 4 heteroatoms. The molecule has 0 aliphatic rings. The molecule has 0 atom stereocenters. The van der Waals surface area contributed by atoms with Gasteiger partial charge in [0, 0.05) is 22.5 Å². The summed E-state index contributed by atoms with van der Waals surface area (Å²) in [5.74, 6) is 0.567. The minimum atomic E-state index is -0.0382. The van der Waals surface area contributed by atoms with Gasteiger partial charge in [-0.1, -0.05) is 18.2 Å². The van der Waals surface area contributed by atoms with E-state index in [1.807, 2.05) is 42.5 Å². The van der Waals surface area contributed by atoms with Crippen LogP contribution in [-0.2, 0) is 0 Å². The number of methoxy groups -OCH3 is 1. The topological polar surface area (TPSA) is 55.0 Å². The Balaban J connectivity index is 2.37. The van der Waals surface area contributed by atoms with Gasteiger partial charge in [0.1, 0.15) is 5.75 Å². The third-order valence-electron chi connectivity index (χ3n) is 3.74. The Labute approximate surface area is 120 Å². The number of fused-ring (bicyclic) bond motifs is 4. The van der Waals surface area contributed by atoms with Crippen molar-refractivity contribution in [1.82, 2.24) is 9.97 Å². The van der Waals surface area contributed by atoms with Gasteiger partial charge in [-0.25, -0.2) is 0 Å². The van der Waals surface area contributed by atoms with E-state index in [-0.39, 0.29) is 5.43 Å². The molecule has 4 nitrogen and oxygen atoms in total. The fourth-order valence-corrected chi connectivity index (χ4v) is 2.77. The number of ether oxygens (including phenoxy) is 1. The van der Waals surface area contributed by atoms with Crippen LogP contribution in [0.3, 0.4) is 0 Å². The molecule has 0 aliphatic carbocycles. The zero-order chi connectivity index (χ0) is 14.4. The first-order chi connectivity index (χ1) is 10.3. The molecule has 0 unspecified atom stereocenters. The Morgan fingerprint density at radius 2 is 2.00 bits per heavy atom. The van der Waals surface area contributed by atoms with Crippen LogP contribution in [-0.4, -0.2) is 17.1 Å². The van der Waals surface area contributed by atoms with Gasteiger partial charge in [-0.2, -0.15) is 0 Å². The fourth-order valence-electron chi connectivity index (χ4n) is 2.77. The Morgan fingerprint density at radius 3 is 2.86 bits per heavy atom. The smallest absolute Gasteiger partial charge is 0.201 e. The molecule has 0 aliphatic heterocycles. The molecular formula is C17H12N2O2. The minimum Gasteiger partial charge on any atom is -0.496 e. The number of hydrogen-bond acceptors (Lipinski definition) is 3. The van der Waals surface area contributed by atoms with E-state index < -0.39 is 0 Å². The van der Waals surface area contributed by atoms with E-state index in [0.29, 0.717) is 22.0 Å². The number of H-pyrrole nitrogens is 1. The van der Waals surface area contributed by atoms with Crippen molar-refractivity contribution in [3.8, 4) is 5.75 Å². The maximum Gasteiger partial charge on any atom is 0.201 e. The summed E-state index contributed by atoms with van der Waals surface area (Å²) in [7, 11) is 1.58. The molecule has 0 saturated heterocycles. The molecule has 0 radical (unpaired) electrons. The van der Waals surface area contributed by atoms with E-state index >= 15 is 0 Å². The average molecular weight is 276 g/mol. The summed E-state index contributed by atoms with van der Waals surface area (Å²) in [6, 6.07) is 13.1. The lowest BCUT2D eigenvalue weighted by molar-refractivity contribution is 0.420. The standard InChI is InChI=1S/C17H12N2O2/c1-21-13-9-10-5-4-8-18-15(10)16-14(13)17(20)11-6-2-3-7-12(11)19-16/h2-9H,1H3,(H,19,20). The van der Waals surface area contributed by atoms with E-state index in [1.54, 1.807) is 13.3 Å². The predicted octanol–water partition coefficient (Wildman–Crippen LogP) is 3.24. The minimum absolute atomic E-state index is 0.0382. The number of benzene rings is 2. The molecule has 2 aromatic heterocycles. The van der Waals surface area contributed by atoms with Crippen LogP contribution in [0.2, 0.25) is 0 Å². The second-order valence-electron chi connectivity index (χ2n) is 4.90. The lowest BCUT2D eigenvalue weighted by atomic mass is 10.1.